The van der Waals surface area contributed by atoms with Crippen molar-refractivity contribution in [2.24, 2.45) is 5.92 Å². The predicted molar refractivity (Wildman–Crippen MR) is 63.5 cm³/mol. The molecule has 0 saturated carbocycles. The molecule has 0 aliphatic rings. The molecule has 96 valence electrons. The quantitative estimate of drug-likeness (QED) is 0.455. The van der Waals surface area contributed by atoms with E-state index in [2.05, 4.69) is 48.1 Å². The van der Waals surface area contributed by atoms with E-state index < -0.39 is 0 Å². The Balaban J connectivity index is -0.0000000498. The Morgan fingerprint density at radius 2 is 1.31 bits per heavy atom. The van der Waals surface area contributed by atoms with Crippen LogP contribution in [0, 0.1) is 11.8 Å². The van der Waals surface area contributed by atoms with Crippen LogP contribution in [0.25, 0.3) is 0 Å². The summed E-state index contributed by atoms with van der Waals surface area (Å²) >= 11 is 0. The van der Waals surface area contributed by atoms with Gasteiger partial charge in [0.2, 0.25) is 0 Å². The molecule has 16 heavy (non-hydrogen) atoms. The third-order valence-corrected chi connectivity index (χ3v) is 1.83. The van der Waals surface area contributed by atoms with Crippen LogP contribution >= 0.6 is 0 Å². The van der Waals surface area contributed by atoms with E-state index in [-0.39, 0.29) is 19.5 Å². The van der Waals surface area contributed by atoms with E-state index in [0.29, 0.717) is 0 Å². The molecule has 0 saturated heterocycles. The average Bonchev–Trinajstić information content (AvgIpc) is 2.33. The van der Waals surface area contributed by atoms with Gasteiger partial charge in [-0.15, -0.1) is 0 Å². The van der Waals surface area contributed by atoms with E-state index in [1.165, 1.54) is 19.3 Å². The third-order valence-electron chi connectivity index (χ3n) is 1.83. The largest absolute Gasteiger partial charge is 4.00 e. The molecule has 1 atom stereocenters. The molecule has 0 amide bonds. The van der Waals surface area contributed by atoms with Crippen LogP contribution in [-0.4, -0.2) is 20.4 Å². The van der Waals surface area contributed by atoms with Crippen molar-refractivity contribution in [2.45, 2.75) is 47.0 Å². The van der Waals surface area contributed by atoms with Gasteiger partial charge in [-0.1, -0.05) is 26.7 Å². The van der Waals surface area contributed by atoms with Crippen LogP contribution in [0.3, 0.4) is 0 Å². The summed E-state index contributed by atoms with van der Waals surface area (Å²) in [5.74, 6) is 2.48. The topological polar surface area (TPSA) is 51.2 Å². The van der Waals surface area contributed by atoms with Crippen molar-refractivity contribution < 1.29 is 33.9 Å². The first kappa shape index (κ1) is 29.6. The summed E-state index contributed by atoms with van der Waals surface area (Å²) in [5.41, 5.74) is 0. The van der Waals surface area contributed by atoms with Crippen LogP contribution < -0.4 is 0 Å². The monoisotopic (exact) mass is 316 g/mol. The smallest absolute Gasteiger partial charge is 0.545 e. The Labute approximate surface area is 113 Å². The molecule has 0 radical (unpaired) electrons. The van der Waals surface area contributed by atoms with Crippen LogP contribution in [0.2, 0.25) is 0 Å². The first-order valence-electron chi connectivity index (χ1n) is 4.66. The average molecular weight is 315 g/mol. The second kappa shape index (κ2) is 36.5. The van der Waals surface area contributed by atoms with E-state index in [9.17, 15) is 0 Å². The maximum absolute atomic E-state index is 7.75. The van der Waals surface area contributed by atoms with E-state index in [0.717, 1.165) is 5.92 Å². The molecule has 1 unspecified atom stereocenters. The first-order valence-corrected chi connectivity index (χ1v) is 4.66. The molecule has 0 aromatic heterocycles. The van der Waals surface area contributed by atoms with Crippen molar-refractivity contribution in [3.63, 3.8) is 0 Å². The number of hydrogen-bond donors (Lipinski definition) is 0. The Bertz CT molecular complexity index is 95.5. The summed E-state index contributed by atoms with van der Waals surface area (Å²) in [6.07, 6.45) is 4.01. The summed E-state index contributed by atoms with van der Waals surface area (Å²) in [6.45, 7) is 18.8. The van der Waals surface area contributed by atoms with Crippen molar-refractivity contribution in [3.8, 4) is 0 Å². The zero-order chi connectivity index (χ0) is 13.3. The van der Waals surface area contributed by atoms with Crippen molar-refractivity contribution in [3.05, 3.63) is 5.92 Å². The third kappa shape index (κ3) is 49.5. The minimum Gasteiger partial charge on any atom is -0.545 e. The fourth-order valence-corrected chi connectivity index (χ4v) is 0.739. The van der Waals surface area contributed by atoms with Crippen LogP contribution in [0.1, 0.15) is 47.0 Å². The second-order valence-corrected chi connectivity index (χ2v) is 3.26. The van der Waals surface area contributed by atoms with Crippen LogP contribution in [0.15, 0.2) is 0 Å². The van der Waals surface area contributed by atoms with Crippen LogP contribution in [-0.2, 0) is 33.9 Å². The van der Waals surface area contributed by atoms with Crippen LogP contribution in [0.4, 0.5) is 0 Å². The summed E-state index contributed by atoms with van der Waals surface area (Å²) in [4.78, 5) is 23.2. The summed E-state index contributed by atoms with van der Waals surface area (Å²) < 4.78 is 0. The minimum atomic E-state index is 0. The van der Waals surface area contributed by atoms with Crippen LogP contribution in [0.5, 0.6) is 0 Å². The molecule has 0 rings (SSSR count). The molecule has 0 bridgehead atoms. The van der Waals surface area contributed by atoms with Gasteiger partial charge in [0.1, 0.15) is 0 Å². The maximum atomic E-state index is 7.75. The fraction of sp³-hybridized carbons (Fsp3) is 0.667. The summed E-state index contributed by atoms with van der Waals surface area (Å²) in [6, 6.07) is 0. The maximum Gasteiger partial charge on any atom is 4.00 e. The van der Waals surface area contributed by atoms with Gasteiger partial charge in [-0.25, -0.2) is 0 Å². The van der Waals surface area contributed by atoms with E-state index in [4.69, 9.17) is 14.4 Å². The summed E-state index contributed by atoms with van der Waals surface area (Å²) in [7, 11) is 0. The van der Waals surface area contributed by atoms with Gasteiger partial charge in [0, 0.05) is 0 Å². The Hall–Kier alpha value is -0.367. The van der Waals surface area contributed by atoms with Gasteiger partial charge in [-0.2, -0.15) is 20.3 Å². The van der Waals surface area contributed by atoms with E-state index in [1.807, 2.05) is 0 Å². The molecular formula is C12H22O3Ru. The van der Waals surface area contributed by atoms with Gasteiger partial charge < -0.3 is 20.3 Å². The van der Waals surface area contributed by atoms with Crippen molar-refractivity contribution >= 4 is 20.4 Å². The molecule has 0 aromatic carbocycles. The standard InChI is InChI=1S/C9H19.3CHO.Ru/c1-5-9(4)7-6-8(2)3;3*1-2;/h9H,5-7H2,1-4H3;3*1H;/q4*-1;+4. The van der Waals surface area contributed by atoms with E-state index >= 15 is 0 Å². The minimum absolute atomic E-state index is 0. The number of rotatable bonds is 4. The molecule has 4 heteroatoms. The second-order valence-electron chi connectivity index (χ2n) is 3.26. The van der Waals surface area contributed by atoms with Crippen molar-refractivity contribution in [2.75, 3.05) is 0 Å². The predicted octanol–water partition coefficient (Wildman–Crippen LogP) is 2.60. The normalized spacial score (nSPS) is 8.81. The molecule has 0 aliphatic heterocycles. The zero-order valence-electron chi connectivity index (χ0n) is 10.5. The van der Waals surface area contributed by atoms with Crippen molar-refractivity contribution in [1.29, 1.82) is 0 Å². The van der Waals surface area contributed by atoms with Gasteiger partial charge in [-0.3, -0.25) is 20.4 Å². The van der Waals surface area contributed by atoms with Gasteiger partial charge in [0.25, 0.3) is 0 Å². The summed E-state index contributed by atoms with van der Waals surface area (Å²) in [5, 5.41) is 0. The SMILES string of the molecule is CCC(C)CC[C-](C)C.[CH-]=O.[CH-]=O.[CH-]=O.[Ru+4]. The molecule has 0 spiro atoms. The Morgan fingerprint density at radius 1 is 1.00 bits per heavy atom. The Morgan fingerprint density at radius 3 is 1.50 bits per heavy atom. The molecule has 0 aromatic rings. The molecule has 3 nitrogen and oxygen atoms in total. The van der Waals surface area contributed by atoms with Gasteiger partial charge in [0.05, 0.1) is 0 Å². The first-order chi connectivity index (χ1) is 7.16. The molecule has 0 fully saturated rings. The van der Waals surface area contributed by atoms with Gasteiger partial charge >= 0.3 is 19.5 Å². The number of carbonyl (C=O) groups excluding carboxylic acids is 3. The van der Waals surface area contributed by atoms with Gasteiger partial charge in [-0.05, 0) is 5.92 Å². The van der Waals surface area contributed by atoms with E-state index in [1.54, 1.807) is 5.92 Å². The molecular weight excluding hydrogens is 293 g/mol. The Kier molecular flexibility index (Phi) is 67.5. The number of hydrogen-bond acceptors (Lipinski definition) is 3. The molecule has 0 aliphatic carbocycles. The molecule has 0 N–H and O–H groups in total. The fourth-order valence-electron chi connectivity index (χ4n) is 0.739. The van der Waals surface area contributed by atoms with Gasteiger partial charge in [0.15, 0.2) is 0 Å². The molecule has 0 heterocycles. The van der Waals surface area contributed by atoms with Crippen molar-refractivity contribution in [1.82, 2.24) is 0 Å². The zero-order valence-corrected chi connectivity index (χ0v) is 12.2.